The van der Waals surface area contributed by atoms with Crippen LogP contribution in [0.4, 0.5) is 17.1 Å². The molecule has 186 valence electrons. The third-order valence-corrected chi connectivity index (χ3v) is 7.64. The van der Waals surface area contributed by atoms with E-state index >= 15 is 0 Å². The van der Waals surface area contributed by atoms with E-state index in [1.54, 1.807) is 14.1 Å². The highest BCUT2D eigenvalue weighted by molar-refractivity contribution is 6.55. The van der Waals surface area contributed by atoms with Crippen molar-refractivity contribution < 1.29 is 9.59 Å². The van der Waals surface area contributed by atoms with Crippen LogP contribution in [0.5, 0.6) is 0 Å². The van der Waals surface area contributed by atoms with E-state index in [4.69, 9.17) is 0 Å². The van der Waals surface area contributed by atoms with E-state index in [1.165, 1.54) is 45.3 Å². The van der Waals surface area contributed by atoms with Crippen LogP contribution < -0.4 is 9.91 Å². The molecule has 1 aliphatic carbocycles. The zero-order chi connectivity index (χ0) is 25.7. The van der Waals surface area contributed by atoms with Crippen molar-refractivity contribution in [2.75, 3.05) is 24.0 Å². The quantitative estimate of drug-likeness (QED) is 0.444. The Balaban J connectivity index is 1.44. The largest absolute Gasteiger partial charge is 0.343 e. The Bertz CT molecular complexity index is 1440. The number of carbonyl (C=O) groups excluding carboxylic acids is 2. The van der Waals surface area contributed by atoms with Gasteiger partial charge in [0.25, 0.3) is 11.8 Å². The van der Waals surface area contributed by atoms with Crippen molar-refractivity contribution in [2.45, 2.75) is 38.1 Å². The van der Waals surface area contributed by atoms with Crippen LogP contribution in [0, 0.1) is 6.92 Å². The molecule has 0 N–H and O–H groups in total. The number of rotatable bonds is 4. The highest BCUT2D eigenvalue weighted by atomic mass is 16.2. The number of hydrogen-bond acceptors (Lipinski definition) is 4. The van der Waals surface area contributed by atoms with E-state index < -0.39 is 0 Å². The maximum Gasteiger partial charge on any atom is 0.281 e. The molecule has 0 spiro atoms. The lowest BCUT2D eigenvalue weighted by molar-refractivity contribution is -0.122. The van der Waals surface area contributed by atoms with Gasteiger partial charge in [-0.2, -0.15) is 10.1 Å². The van der Waals surface area contributed by atoms with E-state index in [0.717, 1.165) is 12.0 Å². The van der Waals surface area contributed by atoms with Gasteiger partial charge in [0.1, 0.15) is 0 Å². The van der Waals surface area contributed by atoms with Crippen LogP contribution in [0.25, 0.3) is 6.08 Å². The van der Waals surface area contributed by atoms with Crippen LogP contribution >= 0.6 is 0 Å². The Morgan fingerprint density at radius 2 is 1.65 bits per heavy atom. The number of nitrogens with zero attached hydrogens (tertiary/aromatic N) is 4. The van der Waals surface area contributed by atoms with Gasteiger partial charge in [0.05, 0.1) is 11.3 Å². The second-order valence-corrected chi connectivity index (χ2v) is 10.2. The number of fused-ring (bicyclic) bond motifs is 3. The minimum atomic E-state index is -0.292. The Hall–Kier alpha value is -4.19. The third kappa shape index (κ3) is 3.84. The van der Waals surface area contributed by atoms with Gasteiger partial charge >= 0.3 is 0 Å². The molecular formula is C31H30N4O2. The maximum absolute atomic E-state index is 13.6. The summed E-state index contributed by atoms with van der Waals surface area (Å²) in [6, 6.07) is 24.6. The number of benzene rings is 3. The Kier molecular flexibility index (Phi) is 5.67. The minimum Gasteiger partial charge on any atom is -0.343 e. The first kappa shape index (κ1) is 23.2. The zero-order valence-corrected chi connectivity index (χ0v) is 21.4. The van der Waals surface area contributed by atoms with Crippen LogP contribution in [0.1, 0.15) is 41.9 Å². The molecule has 2 atom stereocenters. The van der Waals surface area contributed by atoms with Gasteiger partial charge in [0, 0.05) is 37.4 Å². The van der Waals surface area contributed by atoms with Crippen LogP contribution in [0.3, 0.4) is 0 Å². The average Bonchev–Trinajstić information content (AvgIpc) is 3.59. The van der Waals surface area contributed by atoms with Gasteiger partial charge in [0.15, 0.2) is 5.71 Å². The Morgan fingerprint density at radius 3 is 2.32 bits per heavy atom. The molecule has 6 heteroatoms. The highest BCUT2D eigenvalue weighted by Gasteiger charge is 2.43. The first-order valence-electron chi connectivity index (χ1n) is 12.8. The third-order valence-electron chi connectivity index (χ3n) is 7.64. The summed E-state index contributed by atoms with van der Waals surface area (Å²) in [5, 5.41) is 5.80. The lowest BCUT2D eigenvalue weighted by atomic mass is 9.93. The molecule has 0 saturated heterocycles. The van der Waals surface area contributed by atoms with Gasteiger partial charge in [-0.3, -0.25) is 9.59 Å². The van der Waals surface area contributed by atoms with Crippen molar-refractivity contribution in [3.8, 4) is 0 Å². The van der Waals surface area contributed by atoms with Crippen LogP contribution in [-0.4, -0.2) is 42.6 Å². The molecule has 2 amide bonds. The number of carbonyl (C=O) groups is 2. The summed E-state index contributed by atoms with van der Waals surface area (Å²) in [6.45, 7) is 2.14. The van der Waals surface area contributed by atoms with Gasteiger partial charge in [-0.05, 0) is 78.9 Å². The normalized spacial score (nSPS) is 21.3. The fourth-order valence-electron chi connectivity index (χ4n) is 6.04. The summed E-state index contributed by atoms with van der Waals surface area (Å²) in [7, 11) is 3.35. The molecular weight excluding hydrogens is 460 g/mol. The van der Waals surface area contributed by atoms with E-state index in [1.807, 2.05) is 36.4 Å². The lowest BCUT2D eigenvalue weighted by Crippen LogP contribution is -2.30. The second-order valence-electron chi connectivity index (χ2n) is 10.2. The number of para-hydroxylation sites is 2. The summed E-state index contributed by atoms with van der Waals surface area (Å²) in [5.41, 5.74) is 7.07. The van der Waals surface area contributed by atoms with Gasteiger partial charge in [-0.1, -0.05) is 42.8 Å². The smallest absolute Gasteiger partial charge is 0.281 e. The Labute approximate surface area is 217 Å². The fourth-order valence-corrected chi connectivity index (χ4v) is 6.04. The molecule has 2 unspecified atom stereocenters. The van der Waals surface area contributed by atoms with Gasteiger partial charge in [-0.25, -0.2) is 0 Å². The summed E-state index contributed by atoms with van der Waals surface area (Å²) in [6.07, 6.45) is 5.38. The van der Waals surface area contributed by atoms with Crippen molar-refractivity contribution in [2.24, 2.45) is 5.10 Å². The molecule has 0 aromatic heterocycles. The average molecular weight is 491 g/mol. The SMILES string of the molecule is Cc1cc(/C=C2\C(=O)N(c3ccccc3)N=C2C(=O)N(C)C)cc2c1N(c1ccccc1)C1CCCC21. The number of anilines is 3. The van der Waals surface area contributed by atoms with Crippen molar-refractivity contribution in [3.63, 3.8) is 0 Å². The second kappa shape index (κ2) is 9.04. The van der Waals surface area contributed by atoms with E-state index in [-0.39, 0.29) is 17.5 Å². The molecule has 3 aliphatic rings. The molecule has 1 saturated carbocycles. The van der Waals surface area contributed by atoms with Crippen molar-refractivity contribution >= 4 is 40.7 Å². The van der Waals surface area contributed by atoms with Gasteiger partial charge in [0.2, 0.25) is 0 Å². The molecule has 0 bridgehead atoms. The summed E-state index contributed by atoms with van der Waals surface area (Å²) in [4.78, 5) is 30.6. The van der Waals surface area contributed by atoms with E-state index in [2.05, 4.69) is 59.4 Å². The van der Waals surface area contributed by atoms with Crippen molar-refractivity contribution in [1.82, 2.24) is 4.90 Å². The molecule has 2 aliphatic heterocycles. The van der Waals surface area contributed by atoms with Crippen LogP contribution in [-0.2, 0) is 9.59 Å². The number of hydrogen-bond donors (Lipinski definition) is 0. The predicted molar refractivity (Wildman–Crippen MR) is 148 cm³/mol. The van der Waals surface area contributed by atoms with Crippen molar-refractivity contribution in [1.29, 1.82) is 0 Å². The van der Waals surface area contributed by atoms with E-state index in [0.29, 0.717) is 23.2 Å². The molecule has 3 aromatic rings. The molecule has 2 heterocycles. The highest BCUT2D eigenvalue weighted by Crippen LogP contribution is 2.53. The topological polar surface area (TPSA) is 56.2 Å². The Morgan fingerprint density at radius 1 is 0.973 bits per heavy atom. The van der Waals surface area contributed by atoms with Crippen LogP contribution in [0.2, 0.25) is 0 Å². The van der Waals surface area contributed by atoms with Gasteiger partial charge < -0.3 is 9.80 Å². The molecule has 6 nitrogen and oxygen atoms in total. The van der Waals surface area contributed by atoms with E-state index in [9.17, 15) is 9.59 Å². The van der Waals surface area contributed by atoms with Crippen LogP contribution in [0.15, 0.2) is 83.5 Å². The van der Waals surface area contributed by atoms with Crippen molar-refractivity contribution in [3.05, 3.63) is 95.1 Å². The molecule has 37 heavy (non-hydrogen) atoms. The van der Waals surface area contributed by atoms with Gasteiger partial charge in [-0.15, -0.1) is 0 Å². The maximum atomic E-state index is 13.6. The number of amides is 2. The summed E-state index contributed by atoms with van der Waals surface area (Å²) >= 11 is 0. The zero-order valence-electron chi connectivity index (χ0n) is 21.4. The molecule has 6 rings (SSSR count). The first-order chi connectivity index (χ1) is 17.9. The fraction of sp³-hybridized carbons (Fsp3) is 0.258. The molecule has 1 fully saturated rings. The monoisotopic (exact) mass is 490 g/mol. The summed E-state index contributed by atoms with van der Waals surface area (Å²) < 4.78 is 0. The number of aryl methyl sites for hydroxylation is 1. The lowest BCUT2D eigenvalue weighted by Gasteiger charge is -2.28. The molecule has 0 radical (unpaired) electrons. The molecule has 3 aromatic carbocycles. The predicted octanol–water partition coefficient (Wildman–Crippen LogP) is 5.66. The standard InChI is InChI=1S/C31H30N4O2/c1-20-17-21(18-25-24-15-10-16-27(24)34(29(20)25)22-11-6-4-7-12-22)19-26-28(31(37)33(2)3)32-35(30(26)36)23-13-8-5-9-14-23/h4-9,11-14,17-19,24,27H,10,15-16H2,1-3H3/b26-19-. The first-order valence-corrected chi connectivity index (χ1v) is 12.8. The number of hydrazone groups is 1. The summed E-state index contributed by atoms with van der Waals surface area (Å²) in [5.74, 6) is -0.120. The minimum absolute atomic E-state index is 0.168.